The zero-order valence-electron chi connectivity index (χ0n) is 10.3. The maximum atomic E-state index is 12.7. The van der Waals surface area contributed by atoms with Crippen LogP contribution in [-0.4, -0.2) is 18.4 Å². The van der Waals surface area contributed by atoms with Gasteiger partial charge in [-0.1, -0.05) is 25.7 Å². The molecular formula is C11H18F6N2. The van der Waals surface area contributed by atoms with Crippen LogP contribution in [0.25, 0.3) is 0 Å². The molecule has 0 radical (unpaired) electrons. The molecule has 1 atom stereocenters. The normalized spacial score (nSPS) is 21.5. The molecule has 0 saturated heterocycles. The molecule has 0 amide bonds. The van der Waals surface area contributed by atoms with E-state index in [0.29, 0.717) is 25.7 Å². The number of hydrazine groups is 1. The lowest BCUT2D eigenvalue weighted by Gasteiger charge is -2.35. The molecule has 0 bridgehead atoms. The Morgan fingerprint density at radius 2 is 1.26 bits per heavy atom. The molecule has 0 aromatic heterocycles. The summed E-state index contributed by atoms with van der Waals surface area (Å²) in [5.41, 5.74) is 1.77. The standard InChI is InChI=1S/C11H18F6N2/c12-10(13,14)9(11(15,16)17)8(19-18)7-5-3-1-2-4-6-7/h7-9,19H,1-6,18H2. The monoisotopic (exact) mass is 292 g/mol. The van der Waals surface area contributed by atoms with Gasteiger partial charge in [0.25, 0.3) is 0 Å². The molecule has 2 nitrogen and oxygen atoms in total. The van der Waals surface area contributed by atoms with Crippen LogP contribution in [0.5, 0.6) is 0 Å². The van der Waals surface area contributed by atoms with Gasteiger partial charge in [0.05, 0.1) is 0 Å². The Bertz CT molecular complexity index is 253. The SMILES string of the molecule is NNC(C1CCCCCC1)C(C(F)(F)F)C(F)(F)F. The molecule has 0 aliphatic heterocycles. The number of halogens is 6. The summed E-state index contributed by atoms with van der Waals surface area (Å²) in [7, 11) is 0. The molecule has 1 aliphatic rings. The summed E-state index contributed by atoms with van der Waals surface area (Å²) < 4.78 is 76.2. The van der Waals surface area contributed by atoms with E-state index in [-0.39, 0.29) is 0 Å². The predicted octanol–water partition coefficient (Wildman–Crippen LogP) is 3.53. The molecule has 0 aromatic rings. The van der Waals surface area contributed by atoms with Gasteiger partial charge >= 0.3 is 12.4 Å². The molecule has 1 unspecified atom stereocenters. The van der Waals surface area contributed by atoms with Crippen LogP contribution in [0, 0.1) is 11.8 Å². The van der Waals surface area contributed by atoms with Crippen molar-refractivity contribution in [3.63, 3.8) is 0 Å². The number of nitrogens with two attached hydrogens (primary N) is 1. The van der Waals surface area contributed by atoms with Gasteiger partial charge < -0.3 is 0 Å². The average molecular weight is 292 g/mol. The highest BCUT2D eigenvalue weighted by Crippen LogP contribution is 2.44. The van der Waals surface area contributed by atoms with E-state index in [2.05, 4.69) is 0 Å². The average Bonchev–Trinajstić information content (AvgIpc) is 2.50. The molecule has 1 fully saturated rings. The summed E-state index contributed by atoms with van der Waals surface area (Å²) in [5, 5.41) is 0. The third kappa shape index (κ3) is 4.52. The zero-order valence-corrected chi connectivity index (χ0v) is 10.3. The van der Waals surface area contributed by atoms with Crippen LogP contribution in [0.15, 0.2) is 0 Å². The largest absolute Gasteiger partial charge is 0.402 e. The van der Waals surface area contributed by atoms with Crippen LogP contribution in [0.2, 0.25) is 0 Å². The van der Waals surface area contributed by atoms with E-state index < -0.39 is 30.2 Å². The van der Waals surface area contributed by atoms with Crippen LogP contribution in [0.1, 0.15) is 38.5 Å². The minimum atomic E-state index is -5.35. The van der Waals surface area contributed by atoms with E-state index in [9.17, 15) is 26.3 Å². The second-order valence-corrected chi connectivity index (χ2v) is 5.00. The Kier molecular flexibility index (Phi) is 5.49. The third-order valence-electron chi connectivity index (χ3n) is 3.66. The van der Waals surface area contributed by atoms with Crippen LogP contribution < -0.4 is 11.3 Å². The molecular weight excluding hydrogens is 274 g/mol. The number of nitrogens with one attached hydrogen (secondary N) is 1. The minimum Gasteiger partial charge on any atom is -0.271 e. The van der Waals surface area contributed by atoms with Gasteiger partial charge in [0.1, 0.15) is 0 Å². The Labute approximate surface area is 107 Å². The predicted molar refractivity (Wildman–Crippen MR) is 57.9 cm³/mol. The smallest absolute Gasteiger partial charge is 0.271 e. The Balaban J connectivity index is 2.95. The van der Waals surface area contributed by atoms with Crippen LogP contribution in [-0.2, 0) is 0 Å². The summed E-state index contributed by atoms with van der Waals surface area (Å²) in [6.45, 7) is 0. The number of rotatable bonds is 3. The van der Waals surface area contributed by atoms with E-state index in [1.807, 2.05) is 0 Å². The number of hydrogen-bond donors (Lipinski definition) is 2. The second-order valence-electron chi connectivity index (χ2n) is 5.00. The van der Waals surface area contributed by atoms with Crippen molar-refractivity contribution < 1.29 is 26.3 Å². The number of alkyl halides is 6. The first-order valence-electron chi connectivity index (χ1n) is 6.27. The quantitative estimate of drug-likeness (QED) is 0.361. The molecule has 0 aromatic carbocycles. The summed E-state index contributed by atoms with van der Waals surface area (Å²) in [4.78, 5) is 0. The first-order chi connectivity index (χ1) is 8.68. The Hall–Kier alpha value is -0.500. The van der Waals surface area contributed by atoms with Crippen LogP contribution >= 0.6 is 0 Å². The fourth-order valence-corrected chi connectivity index (χ4v) is 2.77. The second kappa shape index (κ2) is 6.30. The first kappa shape index (κ1) is 16.6. The van der Waals surface area contributed by atoms with E-state index in [0.717, 1.165) is 12.8 Å². The molecule has 8 heteroatoms. The molecule has 1 saturated carbocycles. The molecule has 19 heavy (non-hydrogen) atoms. The maximum absolute atomic E-state index is 12.7. The van der Waals surface area contributed by atoms with Crippen molar-refractivity contribution in [3.8, 4) is 0 Å². The maximum Gasteiger partial charge on any atom is 0.402 e. The lowest BCUT2D eigenvalue weighted by Crippen LogP contribution is -2.56. The fourth-order valence-electron chi connectivity index (χ4n) is 2.77. The van der Waals surface area contributed by atoms with Crippen LogP contribution in [0.4, 0.5) is 26.3 Å². The summed E-state index contributed by atoms with van der Waals surface area (Å²) in [5.74, 6) is 0.896. The van der Waals surface area contributed by atoms with Crippen molar-refractivity contribution >= 4 is 0 Å². The highest BCUT2D eigenvalue weighted by atomic mass is 19.4. The van der Waals surface area contributed by atoms with Crippen molar-refractivity contribution in [3.05, 3.63) is 0 Å². The fraction of sp³-hybridized carbons (Fsp3) is 1.00. The van der Waals surface area contributed by atoms with E-state index in [1.165, 1.54) is 0 Å². The van der Waals surface area contributed by atoms with Crippen molar-refractivity contribution in [1.29, 1.82) is 0 Å². The highest BCUT2D eigenvalue weighted by molar-refractivity contribution is 4.90. The van der Waals surface area contributed by atoms with E-state index in [4.69, 9.17) is 5.84 Å². The van der Waals surface area contributed by atoms with Gasteiger partial charge in [-0.15, -0.1) is 0 Å². The molecule has 3 N–H and O–H groups in total. The summed E-state index contributed by atoms with van der Waals surface area (Å²) >= 11 is 0. The molecule has 1 aliphatic carbocycles. The van der Waals surface area contributed by atoms with Gasteiger partial charge in [-0.3, -0.25) is 11.3 Å². The Morgan fingerprint density at radius 3 is 1.58 bits per heavy atom. The van der Waals surface area contributed by atoms with Gasteiger partial charge in [-0.05, 0) is 18.8 Å². The topological polar surface area (TPSA) is 38.0 Å². The summed E-state index contributed by atoms with van der Waals surface area (Å²) in [6.07, 6.45) is -7.03. The van der Waals surface area contributed by atoms with Crippen molar-refractivity contribution in [2.45, 2.75) is 56.9 Å². The summed E-state index contributed by atoms with van der Waals surface area (Å²) in [6, 6.07) is -1.81. The van der Waals surface area contributed by atoms with Crippen molar-refractivity contribution in [2.75, 3.05) is 0 Å². The van der Waals surface area contributed by atoms with Gasteiger partial charge in [0.15, 0.2) is 5.92 Å². The van der Waals surface area contributed by atoms with Crippen LogP contribution in [0.3, 0.4) is 0 Å². The lowest BCUT2D eigenvalue weighted by molar-refractivity contribution is -0.295. The minimum absolute atomic E-state index is 0.345. The lowest BCUT2D eigenvalue weighted by atomic mass is 9.83. The first-order valence-corrected chi connectivity index (χ1v) is 6.27. The van der Waals surface area contributed by atoms with E-state index in [1.54, 1.807) is 5.43 Å². The molecule has 1 rings (SSSR count). The zero-order chi connectivity index (χ0) is 14.7. The number of hydrogen-bond acceptors (Lipinski definition) is 2. The third-order valence-corrected chi connectivity index (χ3v) is 3.66. The van der Waals surface area contributed by atoms with Gasteiger partial charge in [0, 0.05) is 6.04 Å². The van der Waals surface area contributed by atoms with Crippen molar-refractivity contribution in [1.82, 2.24) is 5.43 Å². The van der Waals surface area contributed by atoms with Crippen molar-refractivity contribution in [2.24, 2.45) is 17.7 Å². The highest BCUT2D eigenvalue weighted by Gasteiger charge is 2.61. The van der Waals surface area contributed by atoms with E-state index >= 15 is 0 Å². The molecule has 0 heterocycles. The molecule has 114 valence electrons. The van der Waals surface area contributed by atoms with Gasteiger partial charge in [-0.25, -0.2) is 0 Å². The Morgan fingerprint density at radius 1 is 0.842 bits per heavy atom. The van der Waals surface area contributed by atoms with Gasteiger partial charge in [0.2, 0.25) is 0 Å². The molecule has 0 spiro atoms. The van der Waals surface area contributed by atoms with Gasteiger partial charge in [-0.2, -0.15) is 26.3 Å².